The molecule has 0 saturated carbocycles. The quantitative estimate of drug-likeness (QED) is 0.870. The summed E-state index contributed by atoms with van der Waals surface area (Å²) in [5, 5.41) is 2.94. The summed E-state index contributed by atoms with van der Waals surface area (Å²) in [7, 11) is 1.53. The van der Waals surface area contributed by atoms with E-state index in [9.17, 15) is 4.79 Å². The number of benzene rings is 1. The summed E-state index contributed by atoms with van der Waals surface area (Å²) < 4.78 is 4.99. The summed E-state index contributed by atoms with van der Waals surface area (Å²) in [6.07, 6.45) is -0.414. The van der Waals surface area contributed by atoms with E-state index in [-0.39, 0.29) is 11.9 Å². The Morgan fingerprint density at radius 1 is 1.29 bits per heavy atom. The van der Waals surface area contributed by atoms with Gasteiger partial charge in [0.1, 0.15) is 6.10 Å². The number of ether oxygens (including phenoxy) is 1. The van der Waals surface area contributed by atoms with Crippen LogP contribution in [0.2, 0.25) is 0 Å². The van der Waals surface area contributed by atoms with Crippen LogP contribution in [0.3, 0.4) is 0 Å². The van der Waals surface area contributed by atoms with Gasteiger partial charge in [-0.05, 0) is 38.8 Å². The van der Waals surface area contributed by atoms with Gasteiger partial charge in [0.05, 0.1) is 6.04 Å². The number of aryl methyl sites for hydroxylation is 2. The molecule has 1 aromatic carbocycles. The fraction of sp³-hybridized carbons (Fsp3) is 0.500. The lowest BCUT2D eigenvalue weighted by atomic mass is 10.0. The van der Waals surface area contributed by atoms with E-state index in [1.54, 1.807) is 6.92 Å². The van der Waals surface area contributed by atoms with Crippen LogP contribution in [0.15, 0.2) is 18.2 Å². The molecule has 0 spiro atoms. The number of hydrogen-bond donors (Lipinski definition) is 1. The monoisotopic (exact) mass is 235 g/mol. The molecule has 3 heteroatoms. The van der Waals surface area contributed by atoms with Crippen LogP contribution in [0.1, 0.15) is 36.6 Å². The van der Waals surface area contributed by atoms with Crippen molar-refractivity contribution in [3.05, 3.63) is 34.9 Å². The van der Waals surface area contributed by atoms with Crippen molar-refractivity contribution >= 4 is 5.91 Å². The topological polar surface area (TPSA) is 38.3 Å². The van der Waals surface area contributed by atoms with E-state index in [2.05, 4.69) is 37.4 Å². The maximum absolute atomic E-state index is 11.7. The van der Waals surface area contributed by atoms with Gasteiger partial charge in [-0.1, -0.05) is 23.8 Å². The van der Waals surface area contributed by atoms with Gasteiger partial charge in [-0.3, -0.25) is 4.79 Å². The third-order valence-electron chi connectivity index (χ3n) is 2.97. The largest absolute Gasteiger partial charge is 0.372 e. The van der Waals surface area contributed by atoms with Crippen LogP contribution in [-0.2, 0) is 9.53 Å². The molecule has 1 aromatic rings. The Bertz CT molecular complexity index is 401. The fourth-order valence-corrected chi connectivity index (χ4v) is 1.83. The fourth-order valence-electron chi connectivity index (χ4n) is 1.83. The van der Waals surface area contributed by atoms with E-state index in [0.29, 0.717) is 0 Å². The van der Waals surface area contributed by atoms with Gasteiger partial charge in [-0.15, -0.1) is 0 Å². The molecular weight excluding hydrogens is 214 g/mol. The second kappa shape index (κ2) is 5.82. The van der Waals surface area contributed by atoms with Crippen molar-refractivity contribution in [1.29, 1.82) is 0 Å². The molecule has 0 aliphatic rings. The molecule has 0 aliphatic carbocycles. The van der Waals surface area contributed by atoms with Gasteiger partial charge in [-0.2, -0.15) is 0 Å². The number of carbonyl (C=O) groups is 1. The van der Waals surface area contributed by atoms with Gasteiger partial charge < -0.3 is 10.1 Å². The van der Waals surface area contributed by atoms with Crippen LogP contribution in [0, 0.1) is 13.8 Å². The molecule has 1 rings (SSSR count). The maximum atomic E-state index is 11.7. The Balaban J connectivity index is 2.76. The second-order valence-corrected chi connectivity index (χ2v) is 4.47. The third-order valence-corrected chi connectivity index (χ3v) is 2.97. The number of amides is 1. The molecule has 0 radical (unpaired) electrons. The summed E-state index contributed by atoms with van der Waals surface area (Å²) in [5.41, 5.74) is 3.57. The normalized spacial score (nSPS) is 14.2. The second-order valence-electron chi connectivity index (χ2n) is 4.47. The standard InChI is InChI=1S/C14H21NO2/c1-9-6-7-13(10(2)8-9)11(3)15-14(16)12(4)17-5/h6-8,11-12H,1-5H3,(H,15,16). The zero-order valence-electron chi connectivity index (χ0n) is 11.2. The van der Waals surface area contributed by atoms with Crippen LogP contribution in [0.25, 0.3) is 0 Å². The highest BCUT2D eigenvalue weighted by atomic mass is 16.5. The molecule has 1 N–H and O–H groups in total. The molecule has 0 aromatic heterocycles. The Kier molecular flexibility index (Phi) is 4.70. The van der Waals surface area contributed by atoms with Crippen LogP contribution in [-0.4, -0.2) is 19.1 Å². The molecular formula is C14H21NO2. The van der Waals surface area contributed by atoms with E-state index < -0.39 is 6.10 Å². The van der Waals surface area contributed by atoms with Crippen molar-refractivity contribution in [2.75, 3.05) is 7.11 Å². The van der Waals surface area contributed by atoms with E-state index in [1.807, 2.05) is 6.92 Å². The van der Waals surface area contributed by atoms with Crippen molar-refractivity contribution in [3.63, 3.8) is 0 Å². The first kappa shape index (κ1) is 13.7. The zero-order valence-corrected chi connectivity index (χ0v) is 11.2. The highest BCUT2D eigenvalue weighted by molar-refractivity contribution is 5.80. The van der Waals surface area contributed by atoms with Crippen molar-refractivity contribution in [2.24, 2.45) is 0 Å². The van der Waals surface area contributed by atoms with Crippen LogP contribution in [0.5, 0.6) is 0 Å². The van der Waals surface area contributed by atoms with Crippen molar-refractivity contribution < 1.29 is 9.53 Å². The van der Waals surface area contributed by atoms with E-state index >= 15 is 0 Å². The highest BCUT2D eigenvalue weighted by Gasteiger charge is 2.16. The first-order valence-electron chi connectivity index (χ1n) is 5.86. The summed E-state index contributed by atoms with van der Waals surface area (Å²) in [6.45, 7) is 7.85. The van der Waals surface area contributed by atoms with Crippen molar-refractivity contribution in [3.8, 4) is 0 Å². The lowest BCUT2D eigenvalue weighted by molar-refractivity contribution is -0.130. The maximum Gasteiger partial charge on any atom is 0.249 e. The SMILES string of the molecule is COC(C)C(=O)NC(C)c1ccc(C)cc1C. The number of carbonyl (C=O) groups excluding carboxylic acids is 1. The molecule has 1 amide bonds. The Labute approximate surface area is 103 Å². The van der Waals surface area contributed by atoms with Gasteiger partial charge in [0, 0.05) is 7.11 Å². The first-order chi connectivity index (χ1) is 7.95. The molecule has 0 saturated heterocycles. The van der Waals surface area contributed by atoms with Crippen molar-refractivity contribution in [2.45, 2.75) is 39.8 Å². The highest BCUT2D eigenvalue weighted by Crippen LogP contribution is 2.18. The van der Waals surface area contributed by atoms with Gasteiger partial charge >= 0.3 is 0 Å². The minimum absolute atomic E-state index is 0.000648. The minimum Gasteiger partial charge on any atom is -0.372 e. The van der Waals surface area contributed by atoms with Gasteiger partial charge in [0.2, 0.25) is 5.91 Å². The van der Waals surface area contributed by atoms with Gasteiger partial charge in [-0.25, -0.2) is 0 Å². The molecule has 0 aliphatic heterocycles. The number of rotatable bonds is 4. The summed E-state index contributed by atoms with van der Waals surface area (Å²) in [4.78, 5) is 11.7. The molecule has 94 valence electrons. The predicted octanol–water partition coefficient (Wildman–Crippen LogP) is 2.52. The van der Waals surface area contributed by atoms with Gasteiger partial charge in [0.25, 0.3) is 0 Å². The Morgan fingerprint density at radius 2 is 1.94 bits per heavy atom. The molecule has 0 heterocycles. The van der Waals surface area contributed by atoms with Crippen LogP contribution >= 0.6 is 0 Å². The lowest BCUT2D eigenvalue weighted by Gasteiger charge is -2.19. The number of methoxy groups -OCH3 is 1. The average Bonchev–Trinajstić information content (AvgIpc) is 2.27. The summed E-state index contributed by atoms with van der Waals surface area (Å²) in [6, 6.07) is 6.25. The smallest absolute Gasteiger partial charge is 0.249 e. The first-order valence-corrected chi connectivity index (χ1v) is 5.86. The molecule has 0 fully saturated rings. The van der Waals surface area contributed by atoms with E-state index in [0.717, 1.165) is 5.56 Å². The predicted molar refractivity (Wildman–Crippen MR) is 68.9 cm³/mol. The average molecular weight is 235 g/mol. The number of hydrogen-bond acceptors (Lipinski definition) is 2. The van der Waals surface area contributed by atoms with Crippen molar-refractivity contribution in [1.82, 2.24) is 5.32 Å². The molecule has 2 atom stereocenters. The van der Waals surface area contributed by atoms with Crippen LogP contribution in [0.4, 0.5) is 0 Å². The minimum atomic E-state index is -0.414. The summed E-state index contributed by atoms with van der Waals surface area (Å²) in [5.74, 6) is -0.0834. The summed E-state index contributed by atoms with van der Waals surface area (Å²) >= 11 is 0. The zero-order chi connectivity index (χ0) is 13.0. The van der Waals surface area contributed by atoms with E-state index in [1.165, 1.54) is 18.2 Å². The Hall–Kier alpha value is -1.35. The van der Waals surface area contributed by atoms with Gasteiger partial charge in [0.15, 0.2) is 0 Å². The Morgan fingerprint density at radius 3 is 2.47 bits per heavy atom. The third kappa shape index (κ3) is 3.56. The number of nitrogens with one attached hydrogen (secondary N) is 1. The molecule has 2 unspecified atom stereocenters. The van der Waals surface area contributed by atoms with E-state index in [4.69, 9.17) is 4.74 Å². The molecule has 17 heavy (non-hydrogen) atoms. The van der Waals surface area contributed by atoms with Crippen LogP contribution < -0.4 is 5.32 Å². The molecule has 3 nitrogen and oxygen atoms in total. The molecule has 0 bridgehead atoms. The lowest BCUT2D eigenvalue weighted by Crippen LogP contribution is -2.35.